The maximum atomic E-state index is 11.0. The third-order valence-corrected chi connectivity index (χ3v) is 2.09. The zero-order chi connectivity index (χ0) is 14.4. The Morgan fingerprint density at radius 2 is 2.05 bits per heavy atom. The van der Waals surface area contributed by atoms with Crippen LogP contribution in [-0.4, -0.2) is 10.8 Å². The average Bonchev–Trinajstić information content (AvgIpc) is 2.39. The van der Waals surface area contributed by atoms with Crippen LogP contribution in [0.2, 0.25) is 0 Å². The molecule has 0 unspecified atom stereocenters. The quantitative estimate of drug-likeness (QED) is 0.468. The largest absolute Gasteiger partial charge is 0.366 e. The van der Waals surface area contributed by atoms with Crippen LogP contribution in [0, 0.1) is 32.8 Å². The number of primary amides is 1. The number of nitro groups is 1. The number of carbonyl (C=O) groups excluding carboxylic acids is 1. The van der Waals surface area contributed by atoms with E-state index in [1.807, 2.05) is 0 Å². The molecule has 0 heterocycles. The van der Waals surface area contributed by atoms with Gasteiger partial charge in [-0.1, -0.05) is 0 Å². The Hall–Kier alpha value is -3.39. The zero-order valence-corrected chi connectivity index (χ0v) is 9.45. The molecule has 94 valence electrons. The summed E-state index contributed by atoms with van der Waals surface area (Å²) in [6, 6.07) is 6.66. The third kappa shape index (κ3) is 3.28. The Morgan fingerprint density at radius 3 is 2.53 bits per heavy atom. The first-order valence-electron chi connectivity index (χ1n) is 4.84. The molecule has 8 heteroatoms. The summed E-state index contributed by atoms with van der Waals surface area (Å²) in [5, 5.41) is 30.3. The van der Waals surface area contributed by atoms with Gasteiger partial charge in [0.25, 0.3) is 5.69 Å². The molecule has 0 atom stereocenters. The summed E-state index contributed by atoms with van der Waals surface area (Å²) in [5.74, 6) is -0.747. The maximum Gasteiger partial charge on any atom is 0.292 e. The Bertz CT molecular complexity index is 635. The van der Waals surface area contributed by atoms with E-state index in [9.17, 15) is 14.9 Å². The van der Waals surface area contributed by atoms with E-state index in [2.05, 4.69) is 5.32 Å². The highest BCUT2D eigenvalue weighted by Gasteiger charge is 2.15. The molecule has 3 N–H and O–H groups in total. The predicted octanol–water partition coefficient (Wildman–Crippen LogP) is 1.04. The molecule has 0 radical (unpaired) electrons. The Balaban J connectivity index is 3.24. The zero-order valence-electron chi connectivity index (χ0n) is 9.45. The van der Waals surface area contributed by atoms with Crippen LogP contribution in [0.15, 0.2) is 30.0 Å². The van der Waals surface area contributed by atoms with Crippen molar-refractivity contribution in [2.45, 2.75) is 0 Å². The van der Waals surface area contributed by atoms with E-state index >= 15 is 0 Å². The van der Waals surface area contributed by atoms with Crippen molar-refractivity contribution in [1.29, 1.82) is 10.5 Å². The van der Waals surface area contributed by atoms with Gasteiger partial charge in [0.2, 0.25) is 5.91 Å². The van der Waals surface area contributed by atoms with Crippen LogP contribution >= 0.6 is 0 Å². The van der Waals surface area contributed by atoms with Crippen molar-refractivity contribution in [3.05, 3.63) is 45.6 Å². The summed E-state index contributed by atoms with van der Waals surface area (Å²) in [6.07, 6.45) is 1.01. The normalized spacial score (nSPS) is 8.74. The molecule has 1 aromatic rings. The second-order valence-electron chi connectivity index (χ2n) is 3.28. The molecule has 0 aromatic heterocycles. The monoisotopic (exact) mass is 257 g/mol. The van der Waals surface area contributed by atoms with Crippen LogP contribution in [0.1, 0.15) is 10.4 Å². The van der Waals surface area contributed by atoms with Crippen LogP contribution in [-0.2, 0) is 0 Å². The number of rotatable bonds is 4. The lowest BCUT2D eigenvalue weighted by Crippen LogP contribution is -2.11. The van der Waals surface area contributed by atoms with Gasteiger partial charge < -0.3 is 11.1 Å². The summed E-state index contributed by atoms with van der Waals surface area (Å²) < 4.78 is 0. The van der Waals surface area contributed by atoms with Crippen molar-refractivity contribution in [2.75, 3.05) is 5.32 Å². The highest BCUT2D eigenvalue weighted by Crippen LogP contribution is 2.25. The fourth-order valence-corrected chi connectivity index (χ4v) is 1.20. The SMILES string of the molecule is N#CC(C#N)=CNc1cc(C(N)=O)ccc1[N+](=O)[O-]. The lowest BCUT2D eigenvalue weighted by molar-refractivity contribution is -0.383. The lowest BCUT2D eigenvalue weighted by atomic mass is 10.1. The minimum atomic E-state index is -0.747. The Labute approximate surface area is 107 Å². The van der Waals surface area contributed by atoms with Gasteiger partial charge in [-0.05, 0) is 12.1 Å². The molecule has 1 amide bonds. The number of amides is 1. The number of nitrogens with two attached hydrogens (primary N) is 1. The Morgan fingerprint density at radius 1 is 1.42 bits per heavy atom. The number of anilines is 1. The fraction of sp³-hybridized carbons (Fsp3) is 0. The van der Waals surface area contributed by atoms with Gasteiger partial charge in [-0.3, -0.25) is 14.9 Å². The van der Waals surface area contributed by atoms with Gasteiger partial charge in [-0.15, -0.1) is 0 Å². The molecule has 1 rings (SSSR count). The fourth-order valence-electron chi connectivity index (χ4n) is 1.20. The van der Waals surface area contributed by atoms with Crippen LogP contribution in [0.5, 0.6) is 0 Å². The topological polar surface area (TPSA) is 146 Å². The highest BCUT2D eigenvalue weighted by molar-refractivity contribution is 5.94. The second-order valence-corrected chi connectivity index (χ2v) is 3.28. The van der Waals surface area contributed by atoms with Gasteiger partial charge in [-0.25, -0.2) is 0 Å². The van der Waals surface area contributed by atoms with Gasteiger partial charge in [0.15, 0.2) is 0 Å². The number of nitrogens with zero attached hydrogens (tertiary/aromatic N) is 3. The molecule has 0 aliphatic carbocycles. The standard InChI is InChI=1S/C11H7N5O3/c12-4-7(5-13)6-15-9-3-8(11(14)17)1-2-10(9)16(18)19/h1-3,6,15H,(H2,14,17). The molecule has 8 nitrogen and oxygen atoms in total. The Kier molecular flexibility index (Phi) is 4.17. The number of hydrogen-bond donors (Lipinski definition) is 2. The third-order valence-electron chi connectivity index (χ3n) is 2.09. The van der Waals surface area contributed by atoms with Gasteiger partial charge in [0, 0.05) is 17.8 Å². The molecule has 0 aliphatic rings. The van der Waals surface area contributed by atoms with Crippen LogP contribution in [0.4, 0.5) is 11.4 Å². The number of allylic oxidation sites excluding steroid dienone is 1. The van der Waals surface area contributed by atoms with Crippen molar-refractivity contribution < 1.29 is 9.72 Å². The van der Waals surface area contributed by atoms with E-state index in [-0.39, 0.29) is 22.5 Å². The van der Waals surface area contributed by atoms with Crippen molar-refractivity contribution in [1.82, 2.24) is 0 Å². The summed E-state index contributed by atoms with van der Waals surface area (Å²) in [6.45, 7) is 0. The number of nitro benzene ring substituents is 1. The molecule has 19 heavy (non-hydrogen) atoms. The minimum Gasteiger partial charge on any atom is -0.366 e. The summed E-state index contributed by atoms with van der Waals surface area (Å²) >= 11 is 0. The molecular formula is C11H7N5O3. The van der Waals surface area contributed by atoms with E-state index in [0.717, 1.165) is 12.3 Å². The lowest BCUT2D eigenvalue weighted by Gasteiger charge is -2.04. The number of nitriles is 2. The van der Waals surface area contributed by atoms with E-state index in [1.54, 1.807) is 12.1 Å². The first-order chi connectivity index (χ1) is 8.99. The van der Waals surface area contributed by atoms with Crippen molar-refractivity contribution in [3.63, 3.8) is 0 Å². The number of benzene rings is 1. The van der Waals surface area contributed by atoms with Crippen molar-refractivity contribution in [2.24, 2.45) is 5.73 Å². The molecular weight excluding hydrogens is 250 g/mol. The molecule has 0 saturated heterocycles. The van der Waals surface area contributed by atoms with Gasteiger partial charge >= 0.3 is 0 Å². The number of nitrogens with one attached hydrogen (secondary N) is 1. The first kappa shape index (κ1) is 13.7. The summed E-state index contributed by atoms with van der Waals surface area (Å²) in [4.78, 5) is 21.1. The van der Waals surface area contributed by atoms with E-state index in [4.69, 9.17) is 16.3 Å². The highest BCUT2D eigenvalue weighted by atomic mass is 16.6. The molecule has 0 spiro atoms. The summed E-state index contributed by atoms with van der Waals surface area (Å²) in [7, 11) is 0. The van der Waals surface area contributed by atoms with E-state index in [1.165, 1.54) is 12.1 Å². The maximum absolute atomic E-state index is 11.0. The molecule has 1 aromatic carbocycles. The second kappa shape index (κ2) is 5.80. The molecule has 0 fully saturated rings. The number of carbonyl (C=O) groups is 1. The minimum absolute atomic E-state index is 0.0377. The average molecular weight is 257 g/mol. The number of hydrogen-bond acceptors (Lipinski definition) is 6. The van der Waals surface area contributed by atoms with Crippen LogP contribution in [0.25, 0.3) is 0 Å². The van der Waals surface area contributed by atoms with E-state index in [0.29, 0.717) is 0 Å². The van der Waals surface area contributed by atoms with Gasteiger partial charge in [-0.2, -0.15) is 10.5 Å². The first-order valence-corrected chi connectivity index (χ1v) is 4.84. The van der Waals surface area contributed by atoms with Crippen LogP contribution < -0.4 is 11.1 Å². The molecule has 0 aliphatic heterocycles. The predicted molar refractivity (Wildman–Crippen MR) is 64.5 cm³/mol. The molecule has 0 saturated carbocycles. The molecule has 0 bridgehead atoms. The van der Waals surface area contributed by atoms with Crippen molar-refractivity contribution in [3.8, 4) is 12.1 Å². The van der Waals surface area contributed by atoms with Crippen molar-refractivity contribution >= 4 is 17.3 Å². The smallest absolute Gasteiger partial charge is 0.292 e. The van der Waals surface area contributed by atoms with Gasteiger partial charge in [0.05, 0.1) is 4.92 Å². The van der Waals surface area contributed by atoms with Crippen LogP contribution in [0.3, 0.4) is 0 Å². The van der Waals surface area contributed by atoms with Gasteiger partial charge in [0.1, 0.15) is 23.4 Å². The summed E-state index contributed by atoms with van der Waals surface area (Å²) in [5.41, 5.74) is 4.52. The van der Waals surface area contributed by atoms with E-state index < -0.39 is 10.8 Å².